The molecule has 0 atom stereocenters. The van der Waals surface area contributed by atoms with Crippen LogP contribution < -0.4 is 5.63 Å². The summed E-state index contributed by atoms with van der Waals surface area (Å²) in [5.41, 5.74) is 0.341. The van der Waals surface area contributed by atoms with Gasteiger partial charge in [0.25, 0.3) is 0 Å². The number of hydrogen-bond donors (Lipinski definition) is 1. The molecule has 0 spiro atoms. The summed E-state index contributed by atoms with van der Waals surface area (Å²) >= 11 is 0. The van der Waals surface area contributed by atoms with Crippen LogP contribution in [-0.4, -0.2) is 18.2 Å². The fourth-order valence-electron chi connectivity index (χ4n) is 5.65. The van der Waals surface area contributed by atoms with Crippen molar-refractivity contribution in [1.82, 2.24) is 5.16 Å². The van der Waals surface area contributed by atoms with Gasteiger partial charge < -0.3 is 9.26 Å². The van der Waals surface area contributed by atoms with Crippen molar-refractivity contribution in [2.24, 2.45) is 23.2 Å². The van der Waals surface area contributed by atoms with Gasteiger partial charge in [-0.15, -0.1) is 0 Å². The molecule has 0 amide bonds. The van der Waals surface area contributed by atoms with Crippen LogP contribution >= 0.6 is 0 Å². The lowest BCUT2D eigenvalue weighted by Gasteiger charge is -2.57. The molecule has 1 heterocycles. The Labute approximate surface area is 123 Å². The van der Waals surface area contributed by atoms with Crippen LogP contribution in [0.4, 0.5) is 0 Å². The van der Waals surface area contributed by atoms with E-state index in [1.165, 1.54) is 45.6 Å². The number of carbonyl (C=O) groups excluding carboxylic acids is 1. The quantitative estimate of drug-likeness (QED) is 0.868. The maximum Gasteiger partial charge on any atom is 0.372 e. The molecule has 4 fully saturated rings. The number of hydrogen-bond acceptors (Lipinski definition) is 4. The Kier molecular flexibility index (Phi) is 2.81. The van der Waals surface area contributed by atoms with Crippen LogP contribution in [0.25, 0.3) is 0 Å². The lowest BCUT2D eigenvalue weighted by atomic mass is 9.48. The van der Waals surface area contributed by atoms with Crippen molar-refractivity contribution in [3.8, 4) is 0 Å². The highest BCUT2D eigenvalue weighted by molar-refractivity contribution is 5.89. The summed E-state index contributed by atoms with van der Waals surface area (Å²) < 4.78 is 9.57. The van der Waals surface area contributed by atoms with E-state index in [1.54, 1.807) is 0 Å². The van der Waals surface area contributed by atoms with Crippen LogP contribution in [0.2, 0.25) is 0 Å². The molecule has 5 rings (SSSR count). The molecule has 0 unspecified atom stereocenters. The van der Waals surface area contributed by atoms with Gasteiger partial charge in [-0.05, 0) is 68.1 Å². The Morgan fingerprint density at radius 3 is 2.33 bits per heavy atom. The fourth-order valence-corrected chi connectivity index (χ4v) is 5.65. The number of ether oxygens (including phenoxy) is 1. The molecular formula is C16H21NO4. The second-order valence-corrected chi connectivity index (χ2v) is 7.43. The van der Waals surface area contributed by atoms with Crippen molar-refractivity contribution in [2.75, 3.05) is 7.11 Å². The maximum absolute atomic E-state index is 11.8. The van der Waals surface area contributed by atoms with Crippen LogP contribution in [0, 0.1) is 23.2 Å². The van der Waals surface area contributed by atoms with Crippen LogP contribution in [0.15, 0.2) is 9.32 Å². The van der Waals surface area contributed by atoms with E-state index in [0.717, 1.165) is 24.2 Å². The van der Waals surface area contributed by atoms with Crippen molar-refractivity contribution in [3.63, 3.8) is 0 Å². The van der Waals surface area contributed by atoms with Gasteiger partial charge in [-0.25, -0.2) is 14.7 Å². The number of rotatable bonds is 3. The summed E-state index contributed by atoms with van der Waals surface area (Å²) in [4.78, 5) is 23.5. The van der Waals surface area contributed by atoms with Crippen LogP contribution in [-0.2, 0) is 11.2 Å². The largest absolute Gasteiger partial charge is 0.465 e. The molecule has 4 aliphatic carbocycles. The molecule has 114 valence electrons. The summed E-state index contributed by atoms with van der Waals surface area (Å²) in [6.07, 6.45) is 8.57. The molecule has 21 heavy (non-hydrogen) atoms. The Hall–Kier alpha value is -1.52. The normalized spacial score (nSPS) is 36.9. The zero-order valence-electron chi connectivity index (χ0n) is 12.3. The molecule has 1 aromatic rings. The molecule has 5 heteroatoms. The minimum absolute atomic E-state index is 0.0632. The number of nitrogens with one attached hydrogen (secondary N) is 1. The Morgan fingerprint density at radius 2 is 1.81 bits per heavy atom. The van der Waals surface area contributed by atoms with E-state index >= 15 is 0 Å². The minimum atomic E-state index is -0.610. The molecule has 4 aliphatic rings. The first-order valence-corrected chi connectivity index (χ1v) is 7.87. The smallest absolute Gasteiger partial charge is 0.372 e. The Bertz CT molecular complexity index is 591. The van der Waals surface area contributed by atoms with Gasteiger partial charge in [-0.3, -0.25) is 0 Å². The molecule has 4 bridgehead atoms. The fraction of sp³-hybridized carbons (Fsp3) is 0.750. The van der Waals surface area contributed by atoms with Crippen molar-refractivity contribution >= 4 is 5.97 Å². The Balaban J connectivity index is 1.65. The second kappa shape index (κ2) is 4.49. The number of aromatic amines is 1. The van der Waals surface area contributed by atoms with Crippen LogP contribution in [0.1, 0.15) is 54.6 Å². The number of carbonyl (C=O) groups is 1. The molecule has 5 nitrogen and oxygen atoms in total. The molecule has 1 aromatic heterocycles. The maximum atomic E-state index is 11.8. The average molecular weight is 291 g/mol. The third-order valence-corrected chi connectivity index (χ3v) is 5.88. The summed E-state index contributed by atoms with van der Waals surface area (Å²) in [5.74, 6) is 1.94. The first-order chi connectivity index (χ1) is 10.1. The van der Waals surface area contributed by atoms with Gasteiger partial charge >= 0.3 is 11.6 Å². The standard InChI is InChI=1S/C16H21NO4/c1-20-14(18)13-12(17-21-15(13)19)8-16-5-9-2-10(6-16)4-11(3-9)7-16/h9-11,17H,2-8H2,1H3. The van der Waals surface area contributed by atoms with Crippen LogP contribution in [0.5, 0.6) is 0 Å². The van der Waals surface area contributed by atoms with E-state index in [1.807, 2.05) is 0 Å². The molecule has 4 saturated carbocycles. The van der Waals surface area contributed by atoms with E-state index in [9.17, 15) is 9.59 Å². The zero-order chi connectivity index (χ0) is 14.6. The summed E-state index contributed by atoms with van der Waals surface area (Å²) in [5, 5.41) is 2.68. The van der Waals surface area contributed by atoms with E-state index in [2.05, 4.69) is 5.16 Å². The van der Waals surface area contributed by atoms with E-state index < -0.39 is 11.6 Å². The first kappa shape index (κ1) is 13.2. The van der Waals surface area contributed by atoms with E-state index in [0.29, 0.717) is 5.69 Å². The number of aromatic nitrogens is 1. The van der Waals surface area contributed by atoms with Gasteiger partial charge in [-0.2, -0.15) is 0 Å². The molecule has 0 radical (unpaired) electrons. The van der Waals surface area contributed by atoms with Gasteiger partial charge in [-0.1, -0.05) is 0 Å². The highest BCUT2D eigenvalue weighted by Gasteiger charge is 2.51. The number of methoxy groups -OCH3 is 1. The topological polar surface area (TPSA) is 72.3 Å². The summed E-state index contributed by atoms with van der Waals surface area (Å²) in [6, 6.07) is 0. The highest BCUT2D eigenvalue weighted by atomic mass is 16.5. The third-order valence-electron chi connectivity index (χ3n) is 5.88. The monoisotopic (exact) mass is 291 g/mol. The molecular weight excluding hydrogens is 270 g/mol. The third kappa shape index (κ3) is 2.05. The zero-order valence-corrected chi connectivity index (χ0v) is 12.3. The molecule has 0 aromatic carbocycles. The van der Waals surface area contributed by atoms with Gasteiger partial charge in [0.05, 0.1) is 12.8 Å². The molecule has 0 aliphatic heterocycles. The number of esters is 1. The average Bonchev–Trinajstić information content (AvgIpc) is 2.76. The SMILES string of the molecule is COC(=O)c1c(CC23CC4CC(CC(C4)C2)C3)[nH]oc1=O. The predicted octanol–water partition coefficient (Wildman–Crippen LogP) is 2.51. The van der Waals surface area contributed by atoms with Gasteiger partial charge in [0.1, 0.15) is 0 Å². The number of H-pyrrole nitrogens is 1. The predicted molar refractivity (Wildman–Crippen MR) is 75.0 cm³/mol. The second-order valence-electron chi connectivity index (χ2n) is 7.43. The lowest BCUT2D eigenvalue weighted by molar-refractivity contribution is -0.0530. The van der Waals surface area contributed by atoms with E-state index in [4.69, 9.17) is 9.26 Å². The van der Waals surface area contributed by atoms with Crippen molar-refractivity contribution in [3.05, 3.63) is 21.7 Å². The van der Waals surface area contributed by atoms with Crippen molar-refractivity contribution in [2.45, 2.75) is 44.9 Å². The van der Waals surface area contributed by atoms with E-state index in [-0.39, 0.29) is 11.0 Å². The minimum Gasteiger partial charge on any atom is -0.465 e. The lowest BCUT2D eigenvalue weighted by Crippen LogP contribution is -2.47. The summed E-state index contributed by atoms with van der Waals surface area (Å²) in [6.45, 7) is 0. The Morgan fingerprint density at radius 1 is 1.24 bits per heavy atom. The van der Waals surface area contributed by atoms with Gasteiger partial charge in [0.2, 0.25) is 0 Å². The summed E-state index contributed by atoms with van der Waals surface area (Å²) in [7, 11) is 1.29. The van der Waals surface area contributed by atoms with Gasteiger partial charge in [0, 0.05) is 0 Å². The van der Waals surface area contributed by atoms with Crippen molar-refractivity contribution < 1.29 is 14.1 Å². The van der Waals surface area contributed by atoms with Crippen molar-refractivity contribution in [1.29, 1.82) is 0 Å². The highest BCUT2D eigenvalue weighted by Crippen LogP contribution is 2.61. The van der Waals surface area contributed by atoms with Gasteiger partial charge in [0.15, 0.2) is 5.56 Å². The molecule has 0 saturated heterocycles. The first-order valence-electron chi connectivity index (χ1n) is 7.87. The van der Waals surface area contributed by atoms with Crippen LogP contribution in [0.3, 0.4) is 0 Å². The molecule has 1 N–H and O–H groups in total.